The monoisotopic (exact) mass is 314 g/mol. The van der Waals surface area contributed by atoms with E-state index in [4.69, 9.17) is 0 Å². The van der Waals surface area contributed by atoms with Crippen LogP contribution in [-0.2, 0) is 0 Å². The van der Waals surface area contributed by atoms with Gasteiger partial charge in [-0.2, -0.15) is 0 Å². The standard InChI is InChI=1S/C19H14N4O/c24-19(18-20-13-23(22-18)17-8-2-1-3-9-17)21-16-11-10-14-6-4-5-7-15(14)12-16/h1-13H,(H,21,24). The van der Waals surface area contributed by atoms with E-state index >= 15 is 0 Å². The van der Waals surface area contributed by atoms with Gasteiger partial charge < -0.3 is 5.32 Å². The van der Waals surface area contributed by atoms with E-state index in [0.29, 0.717) is 0 Å². The number of nitrogens with one attached hydrogen (secondary N) is 1. The molecule has 4 rings (SSSR count). The molecular formula is C19H14N4O. The highest BCUT2D eigenvalue weighted by Crippen LogP contribution is 2.19. The summed E-state index contributed by atoms with van der Waals surface area (Å²) in [6.45, 7) is 0. The number of carbonyl (C=O) groups excluding carboxylic acids is 1. The first-order valence-corrected chi connectivity index (χ1v) is 7.57. The van der Waals surface area contributed by atoms with Gasteiger partial charge in [0.2, 0.25) is 5.82 Å². The lowest BCUT2D eigenvalue weighted by molar-refractivity contribution is 0.101. The lowest BCUT2D eigenvalue weighted by Gasteiger charge is -2.04. The average Bonchev–Trinajstić information content (AvgIpc) is 3.13. The van der Waals surface area contributed by atoms with E-state index < -0.39 is 0 Å². The van der Waals surface area contributed by atoms with Gasteiger partial charge in [-0.1, -0.05) is 48.5 Å². The molecule has 24 heavy (non-hydrogen) atoms. The Morgan fingerprint density at radius 2 is 1.62 bits per heavy atom. The summed E-state index contributed by atoms with van der Waals surface area (Å²) < 4.78 is 1.58. The molecule has 0 radical (unpaired) electrons. The van der Waals surface area contributed by atoms with Crippen LogP contribution in [0, 0.1) is 0 Å². The molecule has 0 aliphatic rings. The van der Waals surface area contributed by atoms with Crippen molar-refractivity contribution in [3.8, 4) is 5.69 Å². The Balaban J connectivity index is 1.56. The largest absolute Gasteiger partial charge is 0.319 e. The van der Waals surface area contributed by atoms with Crippen LogP contribution in [0.2, 0.25) is 0 Å². The molecule has 0 aliphatic heterocycles. The summed E-state index contributed by atoms with van der Waals surface area (Å²) in [4.78, 5) is 16.4. The van der Waals surface area contributed by atoms with Crippen molar-refractivity contribution in [3.05, 3.63) is 84.9 Å². The minimum absolute atomic E-state index is 0.131. The SMILES string of the molecule is O=C(Nc1ccc2ccccc2c1)c1ncn(-c2ccccc2)n1. The molecule has 0 bridgehead atoms. The van der Waals surface area contributed by atoms with E-state index in [0.717, 1.165) is 22.1 Å². The number of carbonyl (C=O) groups is 1. The molecule has 4 aromatic rings. The smallest absolute Gasteiger partial charge is 0.295 e. The molecule has 0 saturated carbocycles. The van der Waals surface area contributed by atoms with Crippen molar-refractivity contribution in [3.63, 3.8) is 0 Å². The van der Waals surface area contributed by atoms with Crippen molar-refractivity contribution < 1.29 is 4.79 Å². The molecule has 0 fully saturated rings. The number of hydrogen-bond acceptors (Lipinski definition) is 3. The average molecular weight is 314 g/mol. The van der Waals surface area contributed by atoms with Gasteiger partial charge in [0, 0.05) is 5.69 Å². The van der Waals surface area contributed by atoms with Crippen molar-refractivity contribution in [1.29, 1.82) is 0 Å². The first-order valence-electron chi connectivity index (χ1n) is 7.57. The van der Waals surface area contributed by atoms with E-state index in [1.165, 1.54) is 6.33 Å². The Labute approximate surface area is 138 Å². The maximum atomic E-state index is 12.3. The highest BCUT2D eigenvalue weighted by molar-refractivity contribution is 6.02. The van der Waals surface area contributed by atoms with Gasteiger partial charge in [0.25, 0.3) is 5.91 Å². The van der Waals surface area contributed by atoms with E-state index in [1.807, 2.05) is 72.8 Å². The van der Waals surface area contributed by atoms with Crippen LogP contribution in [0.15, 0.2) is 79.1 Å². The third-order valence-electron chi connectivity index (χ3n) is 3.72. The van der Waals surface area contributed by atoms with Crippen molar-refractivity contribution in [1.82, 2.24) is 14.8 Å². The maximum absolute atomic E-state index is 12.3. The third-order valence-corrected chi connectivity index (χ3v) is 3.72. The van der Waals surface area contributed by atoms with Gasteiger partial charge in [0.05, 0.1) is 5.69 Å². The summed E-state index contributed by atoms with van der Waals surface area (Å²) in [6.07, 6.45) is 1.53. The molecule has 1 heterocycles. The van der Waals surface area contributed by atoms with E-state index in [-0.39, 0.29) is 11.7 Å². The number of anilines is 1. The first-order chi connectivity index (χ1) is 11.8. The number of benzene rings is 3. The van der Waals surface area contributed by atoms with Crippen LogP contribution in [0.1, 0.15) is 10.6 Å². The summed E-state index contributed by atoms with van der Waals surface area (Å²) in [5.41, 5.74) is 1.57. The molecule has 0 atom stereocenters. The predicted octanol–water partition coefficient (Wildman–Crippen LogP) is 3.67. The minimum atomic E-state index is -0.333. The summed E-state index contributed by atoms with van der Waals surface area (Å²) in [6, 6.07) is 23.3. The van der Waals surface area contributed by atoms with Gasteiger partial charge in [-0.15, -0.1) is 5.10 Å². The van der Waals surface area contributed by atoms with E-state index in [9.17, 15) is 4.79 Å². The molecule has 5 nitrogen and oxygen atoms in total. The van der Waals surface area contributed by atoms with Gasteiger partial charge in [-0.3, -0.25) is 4.79 Å². The molecule has 3 aromatic carbocycles. The maximum Gasteiger partial charge on any atom is 0.295 e. The van der Waals surface area contributed by atoms with Crippen molar-refractivity contribution in [2.75, 3.05) is 5.32 Å². The first kappa shape index (κ1) is 14.1. The van der Waals surface area contributed by atoms with Gasteiger partial charge in [0.1, 0.15) is 6.33 Å². The Morgan fingerprint density at radius 3 is 2.46 bits per heavy atom. The van der Waals surface area contributed by atoms with Gasteiger partial charge >= 0.3 is 0 Å². The molecule has 116 valence electrons. The van der Waals surface area contributed by atoms with Crippen LogP contribution >= 0.6 is 0 Å². The molecule has 0 saturated heterocycles. The molecule has 1 N–H and O–H groups in total. The summed E-state index contributed by atoms with van der Waals surface area (Å²) >= 11 is 0. The highest BCUT2D eigenvalue weighted by Gasteiger charge is 2.12. The van der Waals surface area contributed by atoms with Crippen LogP contribution in [0.3, 0.4) is 0 Å². The summed E-state index contributed by atoms with van der Waals surface area (Å²) in [5.74, 6) is -0.202. The number of nitrogens with zero attached hydrogens (tertiary/aromatic N) is 3. The van der Waals surface area contributed by atoms with E-state index in [2.05, 4.69) is 15.4 Å². The molecule has 5 heteroatoms. The number of amides is 1. The normalized spacial score (nSPS) is 10.7. The second kappa shape index (κ2) is 5.96. The molecule has 0 spiro atoms. The zero-order valence-corrected chi connectivity index (χ0v) is 12.8. The Hall–Kier alpha value is -3.47. The van der Waals surface area contributed by atoms with Crippen LogP contribution in [-0.4, -0.2) is 20.7 Å². The number of fused-ring (bicyclic) bond motifs is 1. The Kier molecular flexibility index (Phi) is 3.51. The Bertz CT molecular complexity index is 1010. The van der Waals surface area contributed by atoms with Crippen LogP contribution in [0.5, 0.6) is 0 Å². The molecular weight excluding hydrogens is 300 g/mol. The number of hydrogen-bond donors (Lipinski definition) is 1. The summed E-state index contributed by atoms with van der Waals surface area (Å²) in [7, 11) is 0. The minimum Gasteiger partial charge on any atom is -0.319 e. The van der Waals surface area contributed by atoms with Crippen molar-refractivity contribution in [2.45, 2.75) is 0 Å². The number of rotatable bonds is 3. The zero-order chi connectivity index (χ0) is 16.4. The van der Waals surface area contributed by atoms with E-state index in [1.54, 1.807) is 4.68 Å². The lowest BCUT2D eigenvalue weighted by atomic mass is 10.1. The van der Waals surface area contributed by atoms with Crippen molar-refractivity contribution >= 4 is 22.4 Å². The quantitative estimate of drug-likeness (QED) is 0.627. The Morgan fingerprint density at radius 1 is 0.875 bits per heavy atom. The fraction of sp³-hybridized carbons (Fsp3) is 0. The predicted molar refractivity (Wildman–Crippen MR) is 93.3 cm³/mol. The van der Waals surface area contributed by atoms with Gasteiger partial charge in [0.15, 0.2) is 0 Å². The fourth-order valence-corrected chi connectivity index (χ4v) is 2.53. The summed E-state index contributed by atoms with van der Waals surface area (Å²) in [5, 5.41) is 9.26. The lowest BCUT2D eigenvalue weighted by Crippen LogP contribution is -2.14. The second-order valence-corrected chi connectivity index (χ2v) is 5.36. The van der Waals surface area contributed by atoms with Crippen LogP contribution in [0.4, 0.5) is 5.69 Å². The number of aromatic nitrogens is 3. The zero-order valence-electron chi connectivity index (χ0n) is 12.8. The van der Waals surface area contributed by atoms with Crippen LogP contribution < -0.4 is 5.32 Å². The van der Waals surface area contributed by atoms with Gasteiger partial charge in [-0.05, 0) is 35.0 Å². The second-order valence-electron chi connectivity index (χ2n) is 5.36. The third kappa shape index (κ3) is 2.75. The fourth-order valence-electron chi connectivity index (χ4n) is 2.53. The topological polar surface area (TPSA) is 59.8 Å². The highest BCUT2D eigenvalue weighted by atomic mass is 16.2. The molecule has 0 aliphatic carbocycles. The molecule has 0 unspecified atom stereocenters. The number of para-hydroxylation sites is 1. The molecule has 1 amide bonds. The van der Waals surface area contributed by atoms with Crippen molar-refractivity contribution in [2.24, 2.45) is 0 Å². The van der Waals surface area contributed by atoms with Gasteiger partial charge in [-0.25, -0.2) is 9.67 Å². The molecule has 1 aromatic heterocycles. The van der Waals surface area contributed by atoms with Crippen LogP contribution in [0.25, 0.3) is 16.5 Å².